The Morgan fingerprint density at radius 1 is 1.17 bits per heavy atom. The van der Waals surface area contributed by atoms with Crippen LogP contribution in [0.15, 0.2) is 0 Å². The monoisotopic (exact) mass is 194 g/mol. The molecule has 0 saturated heterocycles. The van der Waals surface area contributed by atoms with Crippen molar-refractivity contribution < 1.29 is 14.7 Å². The van der Waals surface area contributed by atoms with Crippen molar-refractivity contribution in [3.63, 3.8) is 0 Å². The first-order valence-corrected chi connectivity index (χ1v) is 3.98. The van der Waals surface area contributed by atoms with Gasteiger partial charge in [0.2, 0.25) is 0 Å². The third-order valence-electron chi connectivity index (χ3n) is 0.984. The van der Waals surface area contributed by atoms with Crippen molar-refractivity contribution in [2.24, 2.45) is 0 Å². The summed E-state index contributed by atoms with van der Waals surface area (Å²) in [5.74, 6) is -1.22. The van der Waals surface area contributed by atoms with E-state index in [1.165, 1.54) is 0 Å². The minimum Gasteiger partial charge on any atom is -0.395 e. The molecule has 3 N–H and O–H groups in total. The Labute approximate surface area is 75.1 Å². The number of aliphatic hydroxyl groups is 1. The second-order valence-corrected chi connectivity index (χ2v) is 2.30. The summed E-state index contributed by atoms with van der Waals surface area (Å²) in [5, 5.41) is 12.8. The summed E-state index contributed by atoms with van der Waals surface area (Å²) in [4.78, 5) is 21.5. The van der Waals surface area contributed by atoms with Crippen molar-refractivity contribution in [2.45, 2.75) is 0 Å². The number of halogens is 1. The lowest BCUT2D eigenvalue weighted by Crippen LogP contribution is -2.41. The Bertz CT molecular complexity index is 145. The summed E-state index contributed by atoms with van der Waals surface area (Å²) in [7, 11) is 0. The predicted octanol–water partition coefficient (Wildman–Crippen LogP) is -1.55. The first-order valence-electron chi connectivity index (χ1n) is 3.45. The number of alkyl halides is 1. The molecule has 12 heavy (non-hydrogen) atoms. The number of aliphatic hydroxyl groups excluding tert-OH is 1. The highest BCUT2D eigenvalue weighted by Crippen LogP contribution is 1.72. The number of carbonyl (C=O) groups is 2. The van der Waals surface area contributed by atoms with E-state index in [4.69, 9.17) is 16.7 Å². The van der Waals surface area contributed by atoms with Gasteiger partial charge in [-0.25, -0.2) is 0 Å². The summed E-state index contributed by atoms with van der Waals surface area (Å²) in [6.45, 7) is 0.147. The van der Waals surface area contributed by atoms with Crippen molar-refractivity contribution in [3.8, 4) is 0 Å². The van der Waals surface area contributed by atoms with Gasteiger partial charge in [0.25, 0.3) is 0 Å². The average molecular weight is 195 g/mol. The van der Waals surface area contributed by atoms with Gasteiger partial charge in [-0.05, 0) is 0 Å². The second-order valence-electron chi connectivity index (χ2n) is 1.92. The number of rotatable bonds is 4. The summed E-state index contributed by atoms with van der Waals surface area (Å²) in [6.07, 6.45) is 0. The predicted molar refractivity (Wildman–Crippen MR) is 43.8 cm³/mol. The van der Waals surface area contributed by atoms with Gasteiger partial charge in [0.05, 0.1) is 6.61 Å². The normalized spacial score (nSPS) is 9.17. The molecule has 0 spiro atoms. The number of amides is 2. The molecule has 0 aliphatic rings. The first-order chi connectivity index (χ1) is 5.72. The van der Waals surface area contributed by atoms with Crippen LogP contribution in [0.25, 0.3) is 0 Å². The lowest BCUT2D eigenvalue weighted by Gasteiger charge is -2.02. The van der Waals surface area contributed by atoms with E-state index in [1.807, 2.05) is 0 Å². The van der Waals surface area contributed by atoms with E-state index in [-0.39, 0.29) is 25.6 Å². The van der Waals surface area contributed by atoms with E-state index in [1.54, 1.807) is 0 Å². The number of hydrogen-bond acceptors (Lipinski definition) is 3. The lowest BCUT2D eigenvalue weighted by atomic mass is 10.5. The number of nitrogens with one attached hydrogen (secondary N) is 2. The molecule has 0 aromatic rings. The van der Waals surface area contributed by atoms with Gasteiger partial charge in [-0.3, -0.25) is 9.59 Å². The molecule has 0 aromatic heterocycles. The van der Waals surface area contributed by atoms with Crippen LogP contribution in [-0.4, -0.2) is 42.5 Å². The quantitative estimate of drug-likeness (QED) is 0.375. The molecule has 0 atom stereocenters. The molecule has 0 aliphatic carbocycles. The van der Waals surface area contributed by atoms with Crippen LogP contribution in [0, 0.1) is 0 Å². The summed E-state index contributed by atoms with van der Waals surface area (Å²) in [5.41, 5.74) is 0. The van der Waals surface area contributed by atoms with Gasteiger partial charge in [-0.15, -0.1) is 11.6 Å². The van der Waals surface area contributed by atoms with E-state index < -0.39 is 11.8 Å². The minimum absolute atomic E-state index is 0.0765. The highest BCUT2D eigenvalue weighted by atomic mass is 35.5. The molecule has 0 heterocycles. The average Bonchev–Trinajstić information content (AvgIpc) is 2.10. The summed E-state index contributed by atoms with van der Waals surface area (Å²) < 4.78 is 0. The van der Waals surface area contributed by atoms with Crippen LogP contribution in [0.1, 0.15) is 0 Å². The Morgan fingerprint density at radius 3 is 2.08 bits per heavy atom. The Morgan fingerprint density at radius 2 is 1.67 bits per heavy atom. The third-order valence-corrected chi connectivity index (χ3v) is 1.17. The van der Waals surface area contributed by atoms with Crippen molar-refractivity contribution in [1.29, 1.82) is 0 Å². The molecule has 70 valence electrons. The van der Waals surface area contributed by atoms with Crippen LogP contribution < -0.4 is 10.6 Å². The molecule has 0 aromatic carbocycles. The Hall–Kier alpha value is -0.810. The lowest BCUT2D eigenvalue weighted by molar-refractivity contribution is -0.139. The van der Waals surface area contributed by atoms with Crippen molar-refractivity contribution in [2.75, 3.05) is 25.6 Å². The second kappa shape index (κ2) is 6.87. The van der Waals surface area contributed by atoms with Crippen LogP contribution in [-0.2, 0) is 9.59 Å². The molecule has 6 heteroatoms. The molecule has 5 nitrogen and oxygen atoms in total. The standard InChI is InChI=1S/C6H11ClN2O3/c7-1-2-8-5(11)6(12)9-3-4-10/h10H,1-4H2,(H,8,11)(H,9,12). The fourth-order valence-electron chi connectivity index (χ4n) is 0.491. The van der Waals surface area contributed by atoms with Crippen LogP contribution in [0.3, 0.4) is 0 Å². The fraction of sp³-hybridized carbons (Fsp3) is 0.667. The maximum atomic E-state index is 10.7. The number of carbonyl (C=O) groups excluding carboxylic acids is 2. The largest absolute Gasteiger partial charge is 0.395 e. The zero-order valence-electron chi connectivity index (χ0n) is 6.47. The molecule has 2 amide bonds. The maximum Gasteiger partial charge on any atom is 0.309 e. The van der Waals surface area contributed by atoms with Gasteiger partial charge < -0.3 is 15.7 Å². The smallest absolute Gasteiger partial charge is 0.309 e. The zero-order valence-corrected chi connectivity index (χ0v) is 7.23. The zero-order chi connectivity index (χ0) is 9.40. The molecular formula is C6H11ClN2O3. The molecule has 0 saturated carbocycles. The van der Waals surface area contributed by atoms with Crippen molar-refractivity contribution >= 4 is 23.4 Å². The maximum absolute atomic E-state index is 10.7. The molecule has 0 radical (unpaired) electrons. The van der Waals surface area contributed by atoms with E-state index in [0.717, 1.165) is 0 Å². The van der Waals surface area contributed by atoms with E-state index in [9.17, 15) is 9.59 Å². The molecule has 0 rings (SSSR count). The van der Waals surface area contributed by atoms with Crippen LogP contribution >= 0.6 is 11.6 Å². The molecule has 0 fully saturated rings. The SMILES string of the molecule is O=C(NCCO)C(=O)NCCCl. The van der Waals surface area contributed by atoms with E-state index >= 15 is 0 Å². The Kier molecular flexibility index (Phi) is 6.41. The summed E-state index contributed by atoms with van der Waals surface area (Å²) >= 11 is 5.27. The van der Waals surface area contributed by atoms with Crippen molar-refractivity contribution in [3.05, 3.63) is 0 Å². The first kappa shape index (κ1) is 11.2. The summed E-state index contributed by atoms with van der Waals surface area (Å²) in [6, 6.07) is 0. The van der Waals surface area contributed by atoms with Gasteiger partial charge in [-0.1, -0.05) is 0 Å². The molecule has 0 unspecified atom stereocenters. The number of hydrogen-bond donors (Lipinski definition) is 3. The molecular weight excluding hydrogens is 184 g/mol. The minimum atomic E-state index is -0.755. The van der Waals surface area contributed by atoms with Gasteiger partial charge in [0.1, 0.15) is 0 Å². The van der Waals surface area contributed by atoms with Crippen LogP contribution in [0.5, 0.6) is 0 Å². The van der Waals surface area contributed by atoms with Gasteiger partial charge in [0.15, 0.2) is 0 Å². The van der Waals surface area contributed by atoms with Gasteiger partial charge in [0, 0.05) is 19.0 Å². The van der Waals surface area contributed by atoms with E-state index in [2.05, 4.69) is 10.6 Å². The topological polar surface area (TPSA) is 78.4 Å². The highest BCUT2D eigenvalue weighted by Gasteiger charge is 2.10. The fourth-order valence-corrected chi connectivity index (χ4v) is 0.585. The van der Waals surface area contributed by atoms with Crippen molar-refractivity contribution in [1.82, 2.24) is 10.6 Å². The van der Waals surface area contributed by atoms with Crippen LogP contribution in [0.4, 0.5) is 0 Å². The molecule has 0 aliphatic heterocycles. The van der Waals surface area contributed by atoms with Gasteiger partial charge in [-0.2, -0.15) is 0 Å². The van der Waals surface area contributed by atoms with Crippen LogP contribution in [0.2, 0.25) is 0 Å². The third kappa shape index (κ3) is 4.92. The Balaban J connectivity index is 3.55. The van der Waals surface area contributed by atoms with Gasteiger partial charge >= 0.3 is 11.8 Å². The molecule has 0 bridgehead atoms. The highest BCUT2D eigenvalue weighted by molar-refractivity contribution is 6.35. The van der Waals surface area contributed by atoms with E-state index in [0.29, 0.717) is 0 Å².